The molecule has 5 heteroatoms. The van der Waals surface area contributed by atoms with Crippen molar-refractivity contribution in [1.29, 1.82) is 0 Å². The van der Waals surface area contributed by atoms with Crippen LogP contribution in [-0.2, 0) is 0 Å². The van der Waals surface area contributed by atoms with Crippen LogP contribution in [0, 0.1) is 0 Å². The fourth-order valence-electron chi connectivity index (χ4n) is 2.01. The fourth-order valence-corrected chi connectivity index (χ4v) is 2.25. The van der Waals surface area contributed by atoms with Crippen molar-refractivity contribution in [1.82, 2.24) is 4.98 Å². The number of benzene rings is 2. The Morgan fingerprint density at radius 1 is 1.10 bits per heavy atom. The first-order valence-corrected chi connectivity index (χ1v) is 6.73. The highest BCUT2D eigenvalue weighted by atomic mass is 35.5. The SMILES string of the molecule is Nc1ccc(NC(=O)c2ccc3ccccc3n2)c(Cl)c1. The zero-order valence-corrected chi connectivity index (χ0v) is 11.8. The van der Waals surface area contributed by atoms with Crippen molar-refractivity contribution >= 4 is 39.8 Å². The van der Waals surface area contributed by atoms with Gasteiger partial charge in [-0.05, 0) is 30.3 Å². The third-order valence-electron chi connectivity index (χ3n) is 3.07. The molecule has 3 rings (SSSR count). The van der Waals surface area contributed by atoms with E-state index in [1.54, 1.807) is 24.3 Å². The molecule has 104 valence electrons. The number of aromatic nitrogens is 1. The predicted octanol–water partition coefficient (Wildman–Crippen LogP) is 3.72. The van der Waals surface area contributed by atoms with Gasteiger partial charge in [-0.3, -0.25) is 4.79 Å². The third kappa shape index (κ3) is 2.80. The molecule has 0 aliphatic rings. The molecular weight excluding hydrogens is 286 g/mol. The smallest absolute Gasteiger partial charge is 0.274 e. The number of hydrogen-bond donors (Lipinski definition) is 2. The van der Waals surface area contributed by atoms with E-state index in [2.05, 4.69) is 10.3 Å². The molecule has 2 aromatic carbocycles. The average molecular weight is 298 g/mol. The molecule has 0 aliphatic carbocycles. The summed E-state index contributed by atoms with van der Waals surface area (Å²) in [6, 6.07) is 16.1. The van der Waals surface area contributed by atoms with E-state index in [9.17, 15) is 4.79 Å². The molecule has 0 spiro atoms. The van der Waals surface area contributed by atoms with Crippen LogP contribution < -0.4 is 11.1 Å². The van der Waals surface area contributed by atoms with Crippen molar-refractivity contribution in [3.63, 3.8) is 0 Å². The summed E-state index contributed by atoms with van der Waals surface area (Å²) in [5, 5.41) is 4.11. The van der Waals surface area contributed by atoms with Gasteiger partial charge < -0.3 is 11.1 Å². The summed E-state index contributed by atoms with van der Waals surface area (Å²) < 4.78 is 0. The van der Waals surface area contributed by atoms with Crippen LogP contribution in [-0.4, -0.2) is 10.9 Å². The molecule has 3 aromatic rings. The van der Waals surface area contributed by atoms with E-state index in [0.29, 0.717) is 22.1 Å². The topological polar surface area (TPSA) is 68.0 Å². The standard InChI is InChI=1S/C16H12ClN3O/c17-12-9-11(18)6-8-14(12)20-16(21)15-7-5-10-3-1-2-4-13(10)19-15/h1-9H,18H2,(H,20,21). The van der Waals surface area contributed by atoms with Gasteiger partial charge in [-0.1, -0.05) is 35.9 Å². The maximum atomic E-state index is 12.2. The van der Waals surface area contributed by atoms with Gasteiger partial charge in [-0.15, -0.1) is 0 Å². The van der Waals surface area contributed by atoms with E-state index in [1.807, 2.05) is 30.3 Å². The minimum atomic E-state index is -0.313. The van der Waals surface area contributed by atoms with Crippen LogP contribution in [0.2, 0.25) is 5.02 Å². The summed E-state index contributed by atoms with van der Waals surface area (Å²) in [6.45, 7) is 0. The molecule has 1 aromatic heterocycles. The van der Waals surface area contributed by atoms with Crippen LogP contribution in [0.15, 0.2) is 54.6 Å². The van der Waals surface area contributed by atoms with Crippen LogP contribution in [0.4, 0.5) is 11.4 Å². The van der Waals surface area contributed by atoms with Gasteiger partial charge in [0.1, 0.15) is 5.69 Å². The molecule has 0 aliphatic heterocycles. The van der Waals surface area contributed by atoms with Crippen molar-refractivity contribution in [2.24, 2.45) is 0 Å². The average Bonchev–Trinajstić information content (AvgIpc) is 2.49. The van der Waals surface area contributed by atoms with Crippen molar-refractivity contribution < 1.29 is 4.79 Å². The van der Waals surface area contributed by atoms with Gasteiger partial charge in [-0.2, -0.15) is 0 Å². The first-order valence-electron chi connectivity index (χ1n) is 6.36. The summed E-state index contributed by atoms with van der Waals surface area (Å²) in [5.41, 5.74) is 7.78. The number of rotatable bonds is 2. The van der Waals surface area contributed by atoms with Gasteiger partial charge in [0.25, 0.3) is 5.91 Å². The summed E-state index contributed by atoms with van der Waals surface area (Å²) in [5.74, 6) is -0.313. The number of pyridine rings is 1. The zero-order chi connectivity index (χ0) is 14.8. The molecule has 0 radical (unpaired) electrons. The van der Waals surface area contributed by atoms with E-state index in [4.69, 9.17) is 17.3 Å². The first-order chi connectivity index (χ1) is 10.1. The lowest BCUT2D eigenvalue weighted by Gasteiger charge is -2.08. The van der Waals surface area contributed by atoms with Gasteiger partial charge in [0.15, 0.2) is 0 Å². The fraction of sp³-hybridized carbons (Fsp3) is 0. The van der Waals surface area contributed by atoms with Crippen LogP contribution in [0.25, 0.3) is 10.9 Å². The second kappa shape index (κ2) is 5.42. The molecule has 3 N–H and O–H groups in total. The Bertz CT molecular complexity index is 833. The number of nitrogen functional groups attached to an aromatic ring is 1. The summed E-state index contributed by atoms with van der Waals surface area (Å²) in [7, 11) is 0. The Balaban J connectivity index is 1.89. The second-order valence-electron chi connectivity index (χ2n) is 4.58. The summed E-state index contributed by atoms with van der Waals surface area (Å²) >= 11 is 6.04. The van der Waals surface area contributed by atoms with Gasteiger partial charge in [0.05, 0.1) is 16.2 Å². The number of nitrogens with one attached hydrogen (secondary N) is 1. The lowest BCUT2D eigenvalue weighted by molar-refractivity contribution is 0.102. The Morgan fingerprint density at radius 3 is 2.71 bits per heavy atom. The number of fused-ring (bicyclic) bond motifs is 1. The minimum Gasteiger partial charge on any atom is -0.399 e. The maximum absolute atomic E-state index is 12.2. The number of hydrogen-bond acceptors (Lipinski definition) is 3. The maximum Gasteiger partial charge on any atom is 0.274 e. The number of halogens is 1. The minimum absolute atomic E-state index is 0.313. The van der Waals surface area contributed by atoms with Crippen molar-refractivity contribution in [3.8, 4) is 0 Å². The number of para-hydroxylation sites is 1. The normalized spacial score (nSPS) is 10.5. The molecule has 0 saturated heterocycles. The van der Waals surface area contributed by atoms with E-state index >= 15 is 0 Å². The van der Waals surface area contributed by atoms with E-state index < -0.39 is 0 Å². The predicted molar refractivity (Wildman–Crippen MR) is 85.6 cm³/mol. The van der Waals surface area contributed by atoms with Gasteiger partial charge >= 0.3 is 0 Å². The first kappa shape index (κ1) is 13.4. The molecule has 1 amide bonds. The molecule has 0 bridgehead atoms. The Kier molecular flexibility index (Phi) is 3.46. The van der Waals surface area contributed by atoms with Crippen LogP contribution in [0.3, 0.4) is 0 Å². The molecule has 0 atom stereocenters. The molecular formula is C16H12ClN3O. The van der Waals surface area contributed by atoms with Crippen LogP contribution in [0.5, 0.6) is 0 Å². The quantitative estimate of drug-likeness (QED) is 0.708. The van der Waals surface area contributed by atoms with Crippen molar-refractivity contribution in [3.05, 3.63) is 65.3 Å². The Hall–Kier alpha value is -2.59. The van der Waals surface area contributed by atoms with Crippen molar-refractivity contribution in [2.45, 2.75) is 0 Å². The molecule has 21 heavy (non-hydrogen) atoms. The Labute approximate surface area is 126 Å². The largest absolute Gasteiger partial charge is 0.399 e. The molecule has 1 heterocycles. The highest BCUT2D eigenvalue weighted by Crippen LogP contribution is 2.24. The monoisotopic (exact) mass is 297 g/mol. The van der Waals surface area contributed by atoms with E-state index in [-0.39, 0.29) is 5.91 Å². The van der Waals surface area contributed by atoms with Crippen molar-refractivity contribution in [2.75, 3.05) is 11.1 Å². The number of carbonyl (C=O) groups excluding carboxylic acids is 1. The summed E-state index contributed by atoms with van der Waals surface area (Å²) in [6.07, 6.45) is 0. The van der Waals surface area contributed by atoms with Crippen LogP contribution in [0.1, 0.15) is 10.5 Å². The van der Waals surface area contributed by atoms with Crippen LogP contribution >= 0.6 is 11.6 Å². The molecule has 0 saturated carbocycles. The lowest BCUT2D eigenvalue weighted by Crippen LogP contribution is -2.14. The van der Waals surface area contributed by atoms with E-state index in [0.717, 1.165) is 10.9 Å². The molecule has 4 nitrogen and oxygen atoms in total. The number of carbonyl (C=O) groups is 1. The van der Waals surface area contributed by atoms with Gasteiger partial charge in [-0.25, -0.2) is 4.98 Å². The van der Waals surface area contributed by atoms with Gasteiger partial charge in [0.2, 0.25) is 0 Å². The van der Waals surface area contributed by atoms with E-state index in [1.165, 1.54) is 0 Å². The third-order valence-corrected chi connectivity index (χ3v) is 3.39. The number of amides is 1. The highest BCUT2D eigenvalue weighted by molar-refractivity contribution is 6.34. The lowest BCUT2D eigenvalue weighted by atomic mass is 10.2. The summed E-state index contributed by atoms with van der Waals surface area (Å²) in [4.78, 5) is 16.6. The Morgan fingerprint density at radius 2 is 1.90 bits per heavy atom. The number of nitrogens with zero attached hydrogens (tertiary/aromatic N) is 1. The second-order valence-corrected chi connectivity index (χ2v) is 4.99. The molecule has 0 unspecified atom stereocenters. The molecule has 0 fully saturated rings. The zero-order valence-electron chi connectivity index (χ0n) is 11.0. The highest BCUT2D eigenvalue weighted by Gasteiger charge is 2.10. The number of anilines is 2. The number of nitrogens with two attached hydrogens (primary N) is 1. The van der Waals surface area contributed by atoms with Gasteiger partial charge in [0, 0.05) is 11.1 Å².